The summed E-state index contributed by atoms with van der Waals surface area (Å²) in [5.41, 5.74) is 1.18. The molecule has 1 aromatic carbocycles. The molecule has 0 aliphatic carbocycles. The Balaban J connectivity index is 2.83. The van der Waals surface area contributed by atoms with E-state index in [2.05, 4.69) is 19.9 Å². The minimum Gasteiger partial charge on any atom is -0.126 e. The molecule has 1 unspecified atom stereocenters. The summed E-state index contributed by atoms with van der Waals surface area (Å²) in [6.45, 7) is 4.41. The van der Waals surface area contributed by atoms with Gasteiger partial charge in [0.15, 0.2) is 0 Å². The van der Waals surface area contributed by atoms with E-state index in [-0.39, 0.29) is 0 Å². The predicted octanol–water partition coefficient (Wildman–Crippen LogP) is 4.71. The van der Waals surface area contributed by atoms with E-state index in [4.69, 9.17) is 23.2 Å². The van der Waals surface area contributed by atoms with Crippen LogP contribution in [0.25, 0.3) is 0 Å². The van der Waals surface area contributed by atoms with E-state index in [0.29, 0.717) is 17.7 Å². The van der Waals surface area contributed by atoms with E-state index in [9.17, 15) is 0 Å². The maximum atomic E-state index is 6.12. The zero-order chi connectivity index (χ0) is 10.6. The lowest BCUT2D eigenvalue weighted by Crippen LogP contribution is -2.05. The number of alkyl halides is 1. The van der Waals surface area contributed by atoms with Crippen LogP contribution in [-0.2, 0) is 0 Å². The summed E-state index contributed by atoms with van der Waals surface area (Å²) < 4.78 is 0. The molecule has 1 atom stereocenters. The first-order chi connectivity index (χ1) is 6.65. The molecule has 0 nitrogen and oxygen atoms in total. The molecule has 78 valence electrons. The Bertz CT molecular complexity index is 281. The highest BCUT2D eigenvalue weighted by molar-refractivity contribution is 6.31. The summed E-state index contributed by atoms with van der Waals surface area (Å²) in [7, 11) is 0. The predicted molar refractivity (Wildman–Crippen MR) is 64.4 cm³/mol. The average molecular weight is 231 g/mol. The van der Waals surface area contributed by atoms with E-state index in [0.717, 1.165) is 11.4 Å². The third-order valence-corrected chi connectivity index (χ3v) is 3.00. The number of hydrogen-bond acceptors (Lipinski definition) is 0. The van der Waals surface area contributed by atoms with Crippen molar-refractivity contribution in [3.05, 3.63) is 34.9 Å². The first kappa shape index (κ1) is 11.9. The number of benzene rings is 1. The monoisotopic (exact) mass is 230 g/mol. The lowest BCUT2D eigenvalue weighted by atomic mass is 9.92. The molecular formula is C12H16Cl2. The fraction of sp³-hybridized carbons (Fsp3) is 0.500. The van der Waals surface area contributed by atoms with Gasteiger partial charge in [0, 0.05) is 10.9 Å². The van der Waals surface area contributed by atoms with Crippen LogP contribution in [0.4, 0.5) is 0 Å². The molecule has 1 rings (SSSR count). The van der Waals surface area contributed by atoms with Crippen LogP contribution in [0.5, 0.6) is 0 Å². The fourth-order valence-corrected chi connectivity index (χ4v) is 2.23. The van der Waals surface area contributed by atoms with Gasteiger partial charge in [-0.2, -0.15) is 0 Å². The van der Waals surface area contributed by atoms with Gasteiger partial charge in [-0.25, -0.2) is 0 Å². The van der Waals surface area contributed by atoms with Gasteiger partial charge in [0.25, 0.3) is 0 Å². The van der Waals surface area contributed by atoms with Crippen molar-refractivity contribution in [3.63, 3.8) is 0 Å². The lowest BCUT2D eigenvalue weighted by Gasteiger charge is -2.17. The largest absolute Gasteiger partial charge is 0.126 e. The summed E-state index contributed by atoms with van der Waals surface area (Å²) >= 11 is 12.1. The van der Waals surface area contributed by atoms with Gasteiger partial charge in [-0.15, -0.1) is 11.6 Å². The zero-order valence-corrected chi connectivity index (χ0v) is 10.1. The van der Waals surface area contributed by atoms with Gasteiger partial charge in [0.05, 0.1) is 0 Å². The molecule has 0 aliphatic rings. The Kier molecular flexibility index (Phi) is 4.77. The maximum absolute atomic E-state index is 6.12. The Morgan fingerprint density at radius 1 is 1.21 bits per heavy atom. The highest BCUT2D eigenvalue weighted by Gasteiger charge is 2.14. The van der Waals surface area contributed by atoms with Crippen molar-refractivity contribution in [1.29, 1.82) is 0 Å². The molecular weight excluding hydrogens is 215 g/mol. The molecule has 0 radical (unpaired) electrons. The van der Waals surface area contributed by atoms with Gasteiger partial charge < -0.3 is 0 Å². The van der Waals surface area contributed by atoms with Crippen LogP contribution in [0.1, 0.15) is 31.7 Å². The standard InChI is InChI=1S/C12H16Cl2/c1-9(2)7-10(8-13)11-5-3-4-6-12(11)14/h3-6,9-10H,7-8H2,1-2H3. The molecule has 2 heteroatoms. The molecule has 0 spiro atoms. The Labute approximate surface area is 96.2 Å². The number of hydrogen-bond donors (Lipinski definition) is 0. The lowest BCUT2D eigenvalue weighted by molar-refractivity contribution is 0.527. The molecule has 0 bridgehead atoms. The van der Waals surface area contributed by atoms with E-state index in [1.807, 2.05) is 18.2 Å². The van der Waals surface area contributed by atoms with Crippen LogP contribution in [0.3, 0.4) is 0 Å². The molecule has 0 aliphatic heterocycles. The first-order valence-electron chi connectivity index (χ1n) is 4.95. The summed E-state index contributed by atoms with van der Waals surface area (Å²) in [5, 5.41) is 0.832. The van der Waals surface area contributed by atoms with Crippen molar-refractivity contribution >= 4 is 23.2 Å². The summed E-state index contributed by atoms with van der Waals surface area (Å²) in [6.07, 6.45) is 1.09. The van der Waals surface area contributed by atoms with Crippen molar-refractivity contribution in [2.45, 2.75) is 26.2 Å². The van der Waals surface area contributed by atoms with Crippen LogP contribution < -0.4 is 0 Å². The fourth-order valence-electron chi connectivity index (χ4n) is 1.65. The van der Waals surface area contributed by atoms with E-state index in [1.54, 1.807) is 0 Å². The van der Waals surface area contributed by atoms with Crippen LogP contribution in [0.15, 0.2) is 24.3 Å². The Hall–Kier alpha value is -0.200. The minimum atomic E-state index is 0.380. The van der Waals surface area contributed by atoms with Crippen LogP contribution in [0.2, 0.25) is 5.02 Å². The molecule has 0 saturated heterocycles. The molecule has 0 fully saturated rings. The summed E-state index contributed by atoms with van der Waals surface area (Å²) in [6, 6.07) is 7.96. The Morgan fingerprint density at radius 2 is 1.86 bits per heavy atom. The highest BCUT2D eigenvalue weighted by atomic mass is 35.5. The number of halogens is 2. The number of rotatable bonds is 4. The van der Waals surface area contributed by atoms with Crippen LogP contribution in [-0.4, -0.2) is 5.88 Å². The maximum Gasteiger partial charge on any atom is 0.0441 e. The van der Waals surface area contributed by atoms with Crippen molar-refractivity contribution in [1.82, 2.24) is 0 Å². The third-order valence-electron chi connectivity index (χ3n) is 2.29. The third kappa shape index (κ3) is 3.18. The zero-order valence-electron chi connectivity index (χ0n) is 8.63. The normalized spacial score (nSPS) is 13.2. The van der Waals surface area contributed by atoms with Crippen LogP contribution in [0, 0.1) is 5.92 Å². The second-order valence-electron chi connectivity index (χ2n) is 4.00. The summed E-state index contributed by atoms with van der Waals surface area (Å²) in [4.78, 5) is 0. The SMILES string of the molecule is CC(C)CC(CCl)c1ccccc1Cl. The first-order valence-corrected chi connectivity index (χ1v) is 5.86. The van der Waals surface area contributed by atoms with E-state index in [1.165, 1.54) is 5.56 Å². The highest BCUT2D eigenvalue weighted by Crippen LogP contribution is 2.30. The second-order valence-corrected chi connectivity index (χ2v) is 4.72. The van der Waals surface area contributed by atoms with Crippen molar-refractivity contribution < 1.29 is 0 Å². The Morgan fingerprint density at radius 3 is 2.36 bits per heavy atom. The van der Waals surface area contributed by atoms with Gasteiger partial charge in [-0.1, -0.05) is 43.6 Å². The van der Waals surface area contributed by atoms with Gasteiger partial charge in [0.2, 0.25) is 0 Å². The van der Waals surface area contributed by atoms with E-state index >= 15 is 0 Å². The van der Waals surface area contributed by atoms with Gasteiger partial charge in [-0.05, 0) is 29.9 Å². The molecule has 0 amide bonds. The molecule has 0 heterocycles. The van der Waals surface area contributed by atoms with Gasteiger partial charge >= 0.3 is 0 Å². The topological polar surface area (TPSA) is 0 Å². The van der Waals surface area contributed by atoms with Gasteiger partial charge in [-0.3, -0.25) is 0 Å². The van der Waals surface area contributed by atoms with Gasteiger partial charge in [0.1, 0.15) is 0 Å². The molecule has 14 heavy (non-hydrogen) atoms. The van der Waals surface area contributed by atoms with Crippen LogP contribution >= 0.6 is 23.2 Å². The summed E-state index contributed by atoms with van der Waals surface area (Å²) in [5.74, 6) is 1.67. The average Bonchev–Trinajstić information content (AvgIpc) is 2.15. The molecule has 1 aromatic rings. The van der Waals surface area contributed by atoms with E-state index < -0.39 is 0 Å². The molecule has 0 aromatic heterocycles. The van der Waals surface area contributed by atoms with Crippen molar-refractivity contribution in [2.24, 2.45) is 5.92 Å². The van der Waals surface area contributed by atoms with Crippen molar-refractivity contribution in [3.8, 4) is 0 Å². The van der Waals surface area contributed by atoms with Crippen molar-refractivity contribution in [2.75, 3.05) is 5.88 Å². The smallest absolute Gasteiger partial charge is 0.0441 e. The quantitative estimate of drug-likeness (QED) is 0.658. The minimum absolute atomic E-state index is 0.380. The second kappa shape index (κ2) is 5.63. The molecule has 0 saturated carbocycles. The molecule has 0 N–H and O–H groups in total.